The van der Waals surface area contributed by atoms with Gasteiger partial charge in [0, 0.05) is 103 Å². The number of rotatable bonds is 15. The number of nitrogens with one attached hydrogen (secondary N) is 1. The highest BCUT2D eigenvalue weighted by Gasteiger charge is 2.49. The van der Waals surface area contributed by atoms with Gasteiger partial charge in [-0.15, -0.1) is 20.4 Å². The van der Waals surface area contributed by atoms with Gasteiger partial charge in [-0.25, -0.2) is 9.59 Å². The molecule has 20 heteroatoms. The van der Waals surface area contributed by atoms with Gasteiger partial charge in [0.25, 0.3) is 0 Å². The highest BCUT2D eigenvalue weighted by Crippen LogP contribution is 2.52. The third-order valence-corrected chi connectivity index (χ3v) is 21.5. The summed E-state index contributed by atoms with van der Waals surface area (Å²) in [7, 11) is 0. The second-order valence-electron chi connectivity index (χ2n) is 28.0. The van der Waals surface area contributed by atoms with E-state index in [9.17, 15) is 9.59 Å². The van der Waals surface area contributed by atoms with Crippen molar-refractivity contribution in [2.24, 2.45) is 10.8 Å². The van der Waals surface area contributed by atoms with Crippen LogP contribution in [0.2, 0.25) is 0 Å². The van der Waals surface area contributed by atoms with Gasteiger partial charge < -0.3 is 64.8 Å². The number of morpholine rings is 2. The number of hydrogen-bond donors (Lipinski definition) is 3. The number of benzene rings is 4. The monoisotopic (exact) mass is 1300 g/mol. The summed E-state index contributed by atoms with van der Waals surface area (Å²) >= 11 is 0. The Labute approximate surface area is 561 Å². The molecule has 6 aromatic rings. The van der Waals surface area contributed by atoms with Crippen LogP contribution in [0.25, 0.3) is 22.5 Å². The number of anilines is 4. The third kappa shape index (κ3) is 17.0. The average molecular weight is 1300 g/mol. The molecule has 5 N–H and O–H groups in total. The summed E-state index contributed by atoms with van der Waals surface area (Å²) in [5.74, 6) is 0.974. The number of nitrogens with two attached hydrogens (primary N) is 2. The van der Waals surface area contributed by atoms with Crippen LogP contribution in [0.3, 0.4) is 0 Å². The molecule has 20 nitrogen and oxygen atoms in total. The van der Waals surface area contributed by atoms with Gasteiger partial charge in [-0.3, -0.25) is 4.90 Å². The molecule has 8 aliphatic rings. The fraction of sp³-hybridized carbons (Fsp3) is 0.547. The Morgan fingerprint density at radius 2 is 0.979 bits per heavy atom. The number of aryl methyl sites for hydroxylation is 2. The average Bonchev–Trinajstić information content (AvgIpc) is 0.809. The number of nitrogens with zero attached hydrogens (tertiary/aromatic N) is 9. The summed E-state index contributed by atoms with van der Waals surface area (Å²) in [5.41, 5.74) is 23.4. The lowest BCUT2D eigenvalue weighted by atomic mass is 9.61. The Morgan fingerprint density at radius 3 is 1.43 bits per heavy atom. The predicted octanol–water partition coefficient (Wildman–Crippen LogP) is 11.3. The number of aromatic nitrogens is 4. The molecule has 2 aliphatic carbocycles. The van der Waals surface area contributed by atoms with Gasteiger partial charge in [0.2, 0.25) is 0 Å². The predicted molar refractivity (Wildman–Crippen MR) is 371 cm³/mol. The lowest BCUT2D eigenvalue weighted by molar-refractivity contribution is -0.134. The summed E-state index contributed by atoms with van der Waals surface area (Å²) in [6, 6.07) is 40.3. The normalized spacial score (nSPS) is 21.2. The number of likely N-dealkylation sites (tertiary alicyclic amines) is 2. The van der Waals surface area contributed by atoms with Gasteiger partial charge in [-0.2, -0.15) is 0 Å². The van der Waals surface area contributed by atoms with E-state index in [1.165, 1.54) is 24.0 Å². The van der Waals surface area contributed by atoms with Crippen LogP contribution >= 0.6 is 0 Å². The number of amides is 2. The molecule has 8 heterocycles. The Morgan fingerprint density at radius 1 is 0.537 bits per heavy atom. The molecule has 6 saturated heterocycles. The lowest BCUT2D eigenvalue weighted by Crippen LogP contribution is -2.57. The van der Waals surface area contributed by atoms with E-state index in [2.05, 4.69) is 97.6 Å². The van der Waals surface area contributed by atoms with Crippen LogP contribution in [0.5, 0.6) is 0 Å². The minimum Gasteiger partial charge on any atom is -0.445 e. The molecule has 508 valence electrons. The fourth-order valence-electron chi connectivity index (χ4n) is 15.5. The third-order valence-electron chi connectivity index (χ3n) is 21.5. The van der Waals surface area contributed by atoms with Crippen molar-refractivity contribution in [1.82, 2.24) is 40.4 Å². The quantitative estimate of drug-likeness (QED) is 0.0870. The van der Waals surface area contributed by atoms with Crippen molar-refractivity contribution >= 4 is 35.2 Å². The first kappa shape index (κ1) is 67.5. The molecule has 2 amide bonds. The maximum Gasteiger partial charge on any atom is 0.410 e. The molecule has 8 fully saturated rings. The molecule has 14 rings (SSSR count). The van der Waals surface area contributed by atoms with Crippen molar-refractivity contribution in [1.29, 1.82) is 0 Å². The Kier molecular flexibility index (Phi) is 22.1. The molecule has 4 aromatic carbocycles. The van der Waals surface area contributed by atoms with Crippen molar-refractivity contribution in [2.75, 3.05) is 133 Å². The molecule has 0 unspecified atom stereocenters. The number of carbonyl (C=O) groups excluding carboxylic acids is 2. The van der Waals surface area contributed by atoms with Gasteiger partial charge >= 0.3 is 12.2 Å². The Balaban J connectivity index is 0.000000151. The fourth-order valence-corrected chi connectivity index (χ4v) is 15.5. The zero-order chi connectivity index (χ0) is 65.7. The van der Waals surface area contributed by atoms with E-state index in [1.807, 2.05) is 94.7 Å². The van der Waals surface area contributed by atoms with Gasteiger partial charge in [0.15, 0.2) is 11.6 Å². The smallest absolute Gasteiger partial charge is 0.410 e. The van der Waals surface area contributed by atoms with Crippen LogP contribution in [0.15, 0.2) is 121 Å². The van der Waals surface area contributed by atoms with E-state index in [4.69, 9.17) is 39.9 Å². The van der Waals surface area contributed by atoms with Crippen LogP contribution in [-0.2, 0) is 41.6 Å². The van der Waals surface area contributed by atoms with Crippen LogP contribution < -0.4 is 26.6 Å². The SMILES string of the molecule is CCCOC1CC2(CCN(C(=O)OCc3ccccc3)CC2)C1.Cc1ccccc1-c1cc(N2CCC3(CC2)CN(CCOC2CC4(CCN(C(=O)OCc5ccccc5)CC4)C2)CCO3)c(N)nn1.Cc1ccccc1-c1cc(N2CCC3(CC2)CNCCO3)c(N)nn1. The molecule has 4 spiro atoms. The zero-order valence-corrected chi connectivity index (χ0v) is 56.3. The number of carbonyl (C=O) groups is 2. The van der Waals surface area contributed by atoms with E-state index in [1.54, 1.807) is 0 Å². The minimum atomic E-state index is -0.199. The van der Waals surface area contributed by atoms with Gasteiger partial charge in [0.05, 0.1) is 66.0 Å². The first-order valence-corrected chi connectivity index (χ1v) is 35.0. The summed E-state index contributed by atoms with van der Waals surface area (Å²) < 4.78 is 35.7. The number of piperidine rings is 4. The number of hydrogen-bond acceptors (Lipinski definition) is 18. The van der Waals surface area contributed by atoms with Crippen LogP contribution in [0, 0.1) is 24.7 Å². The molecule has 6 aliphatic heterocycles. The minimum absolute atomic E-state index is 0.0111. The second kappa shape index (κ2) is 31.2. The second-order valence-corrected chi connectivity index (χ2v) is 28.0. The molecule has 0 atom stereocenters. The van der Waals surface area contributed by atoms with Gasteiger partial charge in [0.1, 0.15) is 13.2 Å². The topological polar surface area (TPSA) is 221 Å². The van der Waals surface area contributed by atoms with E-state index in [-0.39, 0.29) is 23.4 Å². The maximum atomic E-state index is 12.6. The first-order chi connectivity index (χ1) is 46.3. The molecular weight excluding hydrogens is 1200 g/mol. The van der Waals surface area contributed by atoms with E-state index >= 15 is 0 Å². The standard InChI is InChI=1S/C37H48N6O4.C19H25N5O.C19H27NO3/c1-28-7-5-6-10-31(28)32-23-33(34(38)40-39-32)42-17-13-37(14-18-42)27-41(20-22-47-37)19-21-45-30-24-36(25-30)11-15-43(16-12-36)35(44)46-26-29-8-3-2-4-9-29;1-14-4-2-3-5-15(14)16-12-17(18(20)23-22-16)24-9-6-19(7-10-24)13-21-8-11-25-19;1-2-12-22-17-13-19(14-17)8-10-20(11-9-19)18(21)23-15-16-6-4-3-5-7-16/h2-10,23,30H,11-22,24-27H2,1H3,(H2,38,40);2-5,12,21H,6-11,13H2,1H3,(H2,20,23);3-7,17H,2,8-15H2,1H3. The van der Waals surface area contributed by atoms with Crippen molar-refractivity contribution in [3.63, 3.8) is 0 Å². The Hall–Kier alpha value is -7.46. The molecular formula is C75H100N12O8. The van der Waals surface area contributed by atoms with Crippen LogP contribution in [-0.4, -0.2) is 182 Å². The van der Waals surface area contributed by atoms with E-state index in [0.717, 1.165) is 227 Å². The van der Waals surface area contributed by atoms with Crippen LogP contribution in [0.1, 0.15) is 113 Å². The van der Waals surface area contributed by atoms with Crippen LogP contribution in [0.4, 0.5) is 32.6 Å². The molecule has 95 heavy (non-hydrogen) atoms. The number of nitrogen functional groups attached to an aromatic ring is 2. The largest absolute Gasteiger partial charge is 0.445 e. The summed E-state index contributed by atoms with van der Waals surface area (Å²) in [6.07, 6.45) is 14.2. The molecule has 2 aromatic heterocycles. The summed E-state index contributed by atoms with van der Waals surface area (Å²) in [4.78, 5) is 35.6. The van der Waals surface area contributed by atoms with Gasteiger partial charge in [-0.05, 0) is 143 Å². The van der Waals surface area contributed by atoms with Crippen molar-refractivity contribution < 1.29 is 38.0 Å². The molecule has 0 bridgehead atoms. The highest BCUT2D eigenvalue weighted by atomic mass is 16.6. The number of ether oxygens (including phenoxy) is 6. The van der Waals surface area contributed by atoms with Crippen molar-refractivity contribution in [3.05, 3.63) is 144 Å². The Bertz CT molecular complexity index is 3440. The van der Waals surface area contributed by atoms with Crippen molar-refractivity contribution in [2.45, 2.75) is 141 Å². The molecule has 2 saturated carbocycles. The van der Waals surface area contributed by atoms with E-state index < -0.39 is 0 Å². The maximum absolute atomic E-state index is 12.6. The first-order valence-electron chi connectivity index (χ1n) is 35.0. The lowest BCUT2D eigenvalue weighted by Gasteiger charge is -2.52. The zero-order valence-electron chi connectivity index (χ0n) is 56.3. The highest BCUT2D eigenvalue weighted by molar-refractivity contribution is 5.74. The van der Waals surface area contributed by atoms with Gasteiger partial charge in [-0.1, -0.05) is 116 Å². The molecule has 0 radical (unpaired) electrons. The summed E-state index contributed by atoms with van der Waals surface area (Å²) in [6.45, 7) is 21.7. The van der Waals surface area contributed by atoms with E-state index in [0.29, 0.717) is 47.9 Å². The van der Waals surface area contributed by atoms with Crippen molar-refractivity contribution in [3.8, 4) is 22.5 Å². The summed E-state index contributed by atoms with van der Waals surface area (Å²) in [5, 5.41) is 20.7.